The molecule has 1 atom stereocenters. The fraction of sp³-hybridized carbons (Fsp3) is 0.333. The number of ether oxygens (including phenoxy) is 1. The molecule has 0 spiro atoms. The van der Waals surface area contributed by atoms with Crippen molar-refractivity contribution in [2.24, 2.45) is 10.9 Å². The summed E-state index contributed by atoms with van der Waals surface area (Å²) < 4.78 is 5.09. The van der Waals surface area contributed by atoms with Gasteiger partial charge in [-0.2, -0.15) is 0 Å². The van der Waals surface area contributed by atoms with E-state index in [2.05, 4.69) is 43.6 Å². The number of carbonyl (C=O) groups is 1. The molecule has 0 bridgehead atoms. The van der Waals surface area contributed by atoms with Crippen molar-refractivity contribution >= 4 is 40.4 Å². The summed E-state index contributed by atoms with van der Waals surface area (Å²) in [5, 5.41) is 7.16. The van der Waals surface area contributed by atoms with Crippen molar-refractivity contribution in [1.82, 2.24) is 20.3 Å². The largest absolute Gasteiger partial charge is 0.385 e. The number of methoxy groups -OCH3 is 1. The van der Waals surface area contributed by atoms with Gasteiger partial charge in [-0.25, -0.2) is 9.97 Å². The van der Waals surface area contributed by atoms with Crippen LogP contribution in [0.1, 0.15) is 42.4 Å². The summed E-state index contributed by atoms with van der Waals surface area (Å²) >= 11 is 0. The number of rotatable bonds is 9. The lowest BCUT2D eigenvalue weighted by Gasteiger charge is -2.11. The van der Waals surface area contributed by atoms with Gasteiger partial charge in [0.05, 0.1) is 11.4 Å². The monoisotopic (exact) mass is 432 g/mol. The van der Waals surface area contributed by atoms with E-state index < -0.39 is 0 Å². The van der Waals surface area contributed by atoms with Crippen LogP contribution < -0.4 is 10.6 Å². The smallest absolute Gasteiger partial charge is 0.267 e. The van der Waals surface area contributed by atoms with Gasteiger partial charge in [0.15, 0.2) is 0 Å². The molecule has 1 aliphatic rings. The molecule has 0 radical (unpaired) electrons. The van der Waals surface area contributed by atoms with Gasteiger partial charge in [-0.1, -0.05) is 13.0 Å². The predicted octanol–water partition coefficient (Wildman–Crippen LogP) is 4.31. The Labute approximate surface area is 187 Å². The molecular formula is C24H28N6O2. The minimum absolute atomic E-state index is 0.114. The molecule has 0 aliphatic carbocycles. The topological polar surface area (TPSA) is 104 Å². The molecule has 8 heteroatoms. The predicted molar refractivity (Wildman–Crippen MR) is 127 cm³/mol. The van der Waals surface area contributed by atoms with Crippen LogP contribution in [0.4, 0.5) is 11.6 Å². The average Bonchev–Trinajstić information content (AvgIpc) is 3.25. The van der Waals surface area contributed by atoms with Gasteiger partial charge < -0.3 is 20.4 Å². The van der Waals surface area contributed by atoms with Crippen LogP contribution in [0.5, 0.6) is 0 Å². The molecule has 1 amide bonds. The van der Waals surface area contributed by atoms with Crippen LogP contribution in [-0.4, -0.2) is 47.3 Å². The van der Waals surface area contributed by atoms with E-state index in [1.165, 1.54) is 0 Å². The van der Waals surface area contributed by atoms with Crippen molar-refractivity contribution in [3.8, 4) is 0 Å². The normalized spacial score (nSPS) is 14.2. The van der Waals surface area contributed by atoms with E-state index in [1.807, 2.05) is 36.5 Å². The highest BCUT2D eigenvalue weighted by molar-refractivity contribution is 5.98. The molecule has 0 saturated heterocycles. The molecular weight excluding hydrogens is 404 g/mol. The van der Waals surface area contributed by atoms with Crippen LogP contribution in [0, 0.1) is 5.92 Å². The van der Waals surface area contributed by atoms with Gasteiger partial charge in [0.25, 0.3) is 5.91 Å². The van der Waals surface area contributed by atoms with E-state index >= 15 is 0 Å². The molecule has 1 aromatic carbocycles. The second kappa shape index (κ2) is 10.2. The number of aromatic nitrogens is 3. The molecule has 1 unspecified atom stereocenters. The zero-order chi connectivity index (χ0) is 22.3. The van der Waals surface area contributed by atoms with Crippen molar-refractivity contribution < 1.29 is 9.53 Å². The third-order valence-electron chi connectivity index (χ3n) is 5.33. The molecule has 0 saturated carbocycles. The second-order valence-electron chi connectivity index (χ2n) is 7.95. The number of allylic oxidation sites excluding steroid dienone is 1. The number of benzene rings is 1. The number of anilines is 2. The van der Waals surface area contributed by atoms with Gasteiger partial charge in [-0.15, -0.1) is 0 Å². The third-order valence-corrected chi connectivity index (χ3v) is 5.33. The minimum Gasteiger partial charge on any atom is -0.385 e. The number of aliphatic imine (C=N–C) groups is 1. The molecule has 2 aromatic heterocycles. The first-order chi connectivity index (χ1) is 15.6. The Morgan fingerprint density at radius 2 is 2.16 bits per heavy atom. The summed E-state index contributed by atoms with van der Waals surface area (Å²) in [6.45, 7) is 3.39. The maximum absolute atomic E-state index is 12.5. The van der Waals surface area contributed by atoms with Crippen LogP contribution in [-0.2, 0) is 4.74 Å². The summed E-state index contributed by atoms with van der Waals surface area (Å²) in [7, 11) is 1.69. The summed E-state index contributed by atoms with van der Waals surface area (Å²) in [5.41, 5.74) is 3.94. The van der Waals surface area contributed by atoms with E-state index in [9.17, 15) is 4.79 Å². The highest BCUT2D eigenvalue weighted by Gasteiger charge is 2.12. The number of aromatic amines is 1. The van der Waals surface area contributed by atoms with E-state index in [4.69, 9.17) is 4.74 Å². The number of fused-ring (bicyclic) bond motifs is 1. The fourth-order valence-electron chi connectivity index (χ4n) is 3.49. The van der Waals surface area contributed by atoms with Crippen molar-refractivity contribution in [3.05, 3.63) is 54.0 Å². The number of amides is 1. The lowest BCUT2D eigenvalue weighted by atomic mass is 10.1. The molecule has 4 rings (SSSR count). The summed E-state index contributed by atoms with van der Waals surface area (Å²) in [6, 6.07) is 9.55. The van der Waals surface area contributed by atoms with Gasteiger partial charge in [0, 0.05) is 49.3 Å². The molecule has 32 heavy (non-hydrogen) atoms. The quantitative estimate of drug-likeness (QED) is 0.467. The van der Waals surface area contributed by atoms with Crippen molar-refractivity contribution in [2.75, 3.05) is 25.6 Å². The highest BCUT2D eigenvalue weighted by atomic mass is 16.5. The highest BCUT2D eigenvalue weighted by Crippen LogP contribution is 2.23. The first-order valence-corrected chi connectivity index (χ1v) is 10.9. The first kappa shape index (κ1) is 21.7. The zero-order valence-corrected chi connectivity index (χ0v) is 18.4. The molecule has 0 fully saturated rings. The number of hydrogen-bond donors (Lipinski definition) is 3. The molecule has 1 aliphatic heterocycles. The van der Waals surface area contributed by atoms with Gasteiger partial charge in [-0.05, 0) is 55.5 Å². The Bertz CT molecular complexity index is 1150. The van der Waals surface area contributed by atoms with E-state index in [0.29, 0.717) is 30.7 Å². The molecule has 3 heterocycles. The molecule has 3 aromatic rings. The molecule has 166 valence electrons. The number of nitrogens with zero attached hydrogens (tertiary/aromatic N) is 3. The Morgan fingerprint density at radius 3 is 2.97 bits per heavy atom. The Balaban J connectivity index is 1.44. The standard InChI is InChI=1S/C24H28N6O2/c1-16(9-12-32-2)15-27-23(31)22-14-17-13-18(6-7-19(17)29-22)28-24-26-11-8-21(30-24)20-5-3-4-10-25-20/h5-8,10-11,13-14,16,29H,3-4,9,12,15H2,1-2H3,(H,27,31)(H,26,28,30). The molecule has 8 nitrogen and oxygen atoms in total. The maximum atomic E-state index is 12.5. The lowest BCUT2D eigenvalue weighted by Crippen LogP contribution is -2.28. The SMILES string of the molecule is COCCC(C)CNC(=O)c1cc2cc(Nc3nccc(C4=CCCC=N4)n3)ccc2[nH]1. The van der Waals surface area contributed by atoms with Crippen molar-refractivity contribution in [3.63, 3.8) is 0 Å². The Hall–Kier alpha value is -3.52. The van der Waals surface area contributed by atoms with E-state index in [1.54, 1.807) is 13.3 Å². The number of H-pyrrole nitrogens is 1. The van der Waals surface area contributed by atoms with E-state index in [-0.39, 0.29) is 5.91 Å². The van der Waals surface area contributed by atoms with Gasteiger partial charge in [0.2, 0.25) is 5.95 Å². The van der Waals surface area contributed by atoms with Crippen molar-refractivity contribution in [1.29, 1.82) is 0 Å². The Morgan fingerprint density at radius 1 is 1.25 bits per heavy atom. The second-order valence-corrected chi connectivity index (χ2v) is 7.95. The van der Waals surface area contributed by atoms with Gasteiger partial charge >= 0.3 is 0 Å². The number of hydrogen-bond acceptors (Lipinski definition) is 6. The summed E-state index contributed by atoms with van der Waals surface area (Å²) in [5.74, 6) is 0.740. The minimum atomic E-state index is -0.114. The number of nitrogens with one attached hydrogen (secondary N) is 3. The van der Waals surface area contributed by atoms with Crippen molar-refractivity contribution in [2.45, 2.75) is 26.2 Å². The number of carbonyl (C=O) groups excluding carboxylic acids is 1. The van der Waals surface area contributed by atoms with Crippen LogP contribution in [0.25, 0.3) is 16.6 Å². The average molecular weight is 433 g/mol. The molecule has 3 N–H and O–H groups in total. The van der Waals surface area contributed by atoms with Gasteiger partial charge in [-0.3, -0.25) is 9.79 Å². The van der Waals surface area contributed by atoms with Crippen LogP contribution >= 0.6 is 0 Å². The first-order valence-electron chi connectivity index (χ1n) is 10.9. The van der Waals surface area contributed by atoms with Crippen LogP contribution in [0.15, 0.2) is 47.6 Å². The maximum Gasteiger partial charge on any atom is 0.267 e. The fourth-order valence-corrected chi connectivity index (χ4v) is 3.49. The summed E-state index contributed by atoms with van der Waals surface area (Å²) in [6.07, 6.45) is 8.56. The van der Waals surface area contributed by atoms with Gasteiger partial charge in [0.1, 0.15) is 5.69 Å². The van der Waals surface area contributed by atoms with Crippen LogP contribution in [0.3, 0.4) is 0 Å². The Kier molecular flexibility index (Phi) is 6.91. The van der Waals surface area contributed by atoms with E-state index in [0.717, 1.165) is 47.2 Å². The third kappa shape index (κ3) is 5.39. The van der Waals surface area contributed by atoms with Crippen LogP contribution in [0.2, 0.25) is 0 Å². The lowest BCUT2D eigenvalue weighted by molar-refractivity contribution is 0.0939. The zero-order valence-electron chi connectivity index (χ0n) is 18.4. The summed E-state index contributed by atoms with van der Waals surface area (Å²) in [4.78, 5) is 29.0.